The van der Waals surface area contributed by atoms with Crippen LogP contribution >= 0.6 is 0 Å². The molecule has 2 atom stereocenters. The topological polar surface area (TPSA) is 81.7 Å². The molecule has 7 heteroatoms. The fraction of sp³-hybridized carbons (Fsp3) is 0.400. The number of esters is 2. The van der Waals surface area contributed by atoms with Crippen LogP contribution in [0, 0.1) is 11.7 Å². The van der Waals surface area contributed by atoms with E-state index in [2.05, 4.69) is 14.8 Å². The van der Waals surface area contributed by atoms with E-state index in [0.29, 0.717) is 0 Å². The van der Waals surface area contributed by atoms with Crippen LogP contribution in [0.3, 0.4) is 0 Å². The van der Waals surface area contributed by atoms with Gasteiger partial charge in [-0.15, -0.1) is 0 Å². The molecule has 0 saturated heterocycles. The molecule has 0 aliphatic heterocycles. The van der Waals surface area contributed by atoms with E-state index in [1.165, 1.54) is 26.4 Å². The van der Waals surface area contributed by atoms with E-state index in [0.717, 1.165) is 12.1 Å². The lowest BCUT2D eigenvalue weighted by Gasteiger charge is -2.19. The number of amides is 1. The summed E-state index contributed by atoms with van der Waals surface area (Å²) in [7, 11) is 2.42. The van der Waals surface area contributed by atoms with Crippen molar-refractivity contribution in [3.05, 3.63) is 35.6 Å². The molecule has 6 nitrogen and oxygen atoms in total. The lowest BCUT2D eigenvalue weighted by molar-refractivity contribution is -0.147. The number of carbonyl (C=O) groups is 3. The quantitative estimate of drug-likeness (QED) is 0.801. The summed E-state index contributed by atoms with van der Waals surface area (Å²) in [6.45, 7) is 1.58. The van der Waals surface area contributed by atoms with Gasteiger partial charge in [0.15, 0.2) is 0 Å². The number of rotatable bonds is 6. The molecule has 120 valence electrons. The van der Waals surface area contributed by atoms with Gasteiger partial charge in [0.25, 0.3) is 5.91 Å². The van der Waals surface area contributed by atoms with Crippen molar-refractivity contribution in [1.82, 2.24) is 5.32 Å². The van der Waals surface area contributed by atoms with E-state index in [4.69, 9.17) is 0 Å². The van der Waals surface area contributed by atoms with Crippen LogP contribution < -0.4 is 5.32 Å². The predicted molar refractivity (Wildman–Crippen MR) is 75.5 cm³/mol. The molecule has 0 aliphatic rings. The average molecular weight is 311 g/mol. The largest absolute Gasteiger partial charge is 0.469 e. The molecular formula is C15H18FNO5. The zero-order valence-electron chi connectivity index (χ0n) is 12.6. The molecule has 22 heavy (non-hydrogen) atoms. The molecule has 1 aromatic carbocycles. The van der Waals surface area contributed by atoms with Crippen molar-refractivity contribution in [2.75, 3.05) is 14.2 Å². The number of benzene rings is 1. The summed E-state index contributed by atoms with van der Waals surface area (Å²) in [5, 5.41) is 2.47. The average Bonchev–Trinajstić information content (AvgIpc) is 2.52. The van der Waals surface area contributed by atoms with Gasteiger partial charge in [-0.05, 0) is 30.7 Å². The monoisotopic (exact) mass is 311 g/mol. The van der Waals surface area contributed by atoms with Gasteiger partial charge in [-0.1, -0.05) is 6.92 Å². The van der Waals surface area contributed by atoms with Crippen molar-refractivity contribution >= 4 is 17.8 Å². The van der Waals surface area contributed by atoms with Gasteiger partial charge in [-0.2, -0.15) is 0 Å². The fourth-order valence-corrected chi connectivity index (χ4v) is 1.85. The number of methoxy groups -OCH3 is 2. The van der Waals surface area contributed by atoms with Gasteiger partial charge < -0.3 is 14.8 Å². The highest BCUT2D eigenvalue weighted by molar-refractivity contribution is 5.96. The highest BCUT2D eigenvalue weighted by Gasteiger charge is 2.27. The maximum absolute atomic E-state index is 12.8. The van der Waals surface area contributed by atoms with Crippen molar-refractivity contribution in [2.45, 2.75) is 19.4 Å². The molecule has 1 amide bonds. The molecule has 0 spiro atoms. The molecule has 0 heterocycles. The third kappa shape index (κ3) is 4.83. The normalized spacial score (nSPS) is 12.9. The molecule has 0 aliphatic carbocycles. The molecular weight excluding hydrogens is 293 g/mol. The van der Waals surface area contributed by atoms with Crippen LogP contribution in [0.2, 0.25) is 0 Å². The van der Waals surface area contributed by atoms with Crippen LogP contribution in [0.5, 0.6) is 0 Å². The van der Waals surface area contributed by atoms with Gasteiger partial charge in [0.1, 0.15) is 11.9 Å². The lowest BCUT2D eigenvalue weighted by atomic mass is 10.0. The van der Waals surface area contributed by atoms with Crippen LogP contribution in [-0.4, -0.2) is 38.1 Å². The third-order valence-corrected chi connectivity index (χ3v) is 3.09. The van der Waals surface area contributed by atoms with Gasteiger partial charge in [-0.25, -0.2) is 9.18 Å². The maximum Gasteiger partial charge on any atom is 0.328 e. The van der Waals surface area contributed by atoms with Crippen molar-refractivity contribution < 1.29 is 28.2 Å². The van der Waals surface area contributed by atoms with E-state index < -0.39 is 35.6 Å². The Balaban J connectivity index is 2.80. The minimum absolute atomic E-state index is 0.0340. The van der Waals surface area contributed by atoms with Crippen LogP contribution in [0.1, 0.15) is 23.7 Å². The van der Waals surface area contributed by atoms with E-state index >= 15 is 0 Å². The van der Waals surface area contributed by atoms with Crippen molar-refractivity contribution in [3.8, 4) is 0 Å². The zero-order chi connectivity index (χ0) is 16.7. The number of nitrogens with one attached hydrogen (secondary N) is 1. The summed E-state index contributed by atoms with van der Waals surface area (Å²) < 4.78 is 22.0. The Morgan fingerprint density at radius 2 is 1.64 bits per heavy atom. The Morgan fingerprint density at radius 1 is 1.09 bits per heavy atom. The Labute approximate surface area is 127 Å². The smallest absolute Gasteiger partial charge is 0.328 e. The molecule has 1 N–H and O–H groups in total. The van der Waals surface area contributed by atoms with Gasteiger partial charge in [0.05, 0.1) is 20.1 Å². The Kier molecular flexibility index (Phi) is 6.49. The zero-order valence-corrected chi connectivity index (χ0v) is 12.6. The summed E-state index contributed by atoms with van der Waals surface area (Å²) in [6.07, 6.45) is 0.0340. The van der Waals surface area contributed by atoms with Crippen molar-refractivity contribution in [1.29, 1.82) is 0 Å². The Morgan fingerprint density at radius 3 is 2.14 bits per heavy atom. The summed E-state index contributed by atoms with van der Waals surface area (Å²) in [6, 6.07) is 3.86. The highest BCUT2D eigenvalue weighted by atomic mass is 19.1. The number of ether oxygens (including phenoxy) is 2. The van der Waals surface area contributed by atoms with Gasteiger partial charge >= 0.3 is 11.9 Å². The van der Waals surface area contributed by atoms with Crippen LogP contribution in [0.15, 0.2) is 24.3 Å². The number of halogens is 1. The second-order valence-corrected chi connectivity index (χ2v) is 4.72. The number of hydrogen-bond donors (Lipinski definition) is 1. The van der Waals surface area contributed by atoms with Crippen molar-refractivity contribution in [3.63, 3.8) is 0 Å². The van der Waals surface area contributed by atoms with E-state index in [1.54, 1.807) is 6.92 Å². The number of hydrogen-bond acceptors (Lipinski definition) is 5. The molecule has 0 saturated carbocycles. The van der Waals surface area contributed by atoms with Crippen molar-refractivity contribution in [2.24, 2.45) is 5.92 Å². The lowest BCUT2D eigenvalue weighted by Crippen LogP contribution is -2.43. The van der Waals surface area contributed by atoms with Gasteiger partial charge in [0, 0.05) is 5.56 Å². The second-order valence-electron chi connectivity index (χ2n) is 4.72. The first-order valence-electron chi connectivity index (χ1n) is 6.61. The van der Waals surface area contributed by atoms with E-state index in [-0.39, 0.29) is 12.0 Å². The van der Waals surface area contributed by atoms with Gasteiger partial charge in [-0.3, -0.25) is 9.59 Å². The van der Waals surface area contributed by atoms with E-state index in [9.17, 15) is 18.8 Å². The molecule has 0 bridgehead atoms. The van der Waals surface area contributed by atoms with Gasteiger partial charge in [0.2, 0.25) is 0 Å². The molecule has 0 fully saturated rings. The first kappa shape index (κ1) is 17.6. The molecule has 0 radical (unpaired) electrons. The SMILES string of the molecule is COC(=O)[C@H](C)C[C@@H](NC(=O)c1ccc(F)cc1)C(=O)OC. The molecule has 1 aromatic rings. The first-order valence-corrected chi connectivity index (χ1v) is 6.61. The van der Waals surface area contributed by atoms with Crippen LogP contribution in [0.25, 0.3) is 0 Å². The molecule has 0 unspecified atom stereocenters. The predicted octanol–water partition coefficient (Wildman–Crippen LogP) is 1.30. The molecule has 0 aromatic heterocycles. The minimum Gasteiger partial charge on any atom is -0.469 e. The summed E-state index contributed by atoms with van der Waals surface area (Å²) >= 11 is 0. The standard InChI is InChI=1S/C15H18FNO5/c1-9(14(19)21-2)8-12(15(20)22-3)17-13(18)10-4-6-11(16)7-5-10/h4-7,9,12H,8H2,1-3H3,(H,17,18)/t9-,12-/m1/s1. The maximum atomic E-state index is 12.8. The Bertz CT molecular complexity index is 543. The minimum atomic E-state index is -1.00. The third-order valence-electron chi connectivity index (χ3n) is 3.09. The number of carbonyl (C=O) groups excluding carboxylic acids is 3. The first-order chi connectivity index (χ1) is 10.4. The Hall–Kier alpha value is -2.44. The summed E-state index contributed by atoms with van der Waals surface area (Å²) in [5.41, 5.74) is 0.195. The highest BCUT2D eigenvalue weighted by Crippen LogP contribution is 2.11. The van der Waals surface area contributed by atoms with E-state index in [1.807, 2.05) is 0 Å². The fourth-order valence-electron chi connectivity index (χ4n) is 1.85. The second kappa shape index (κ2) is 8.11. The van der Waals surface area contributed by atoms with Crippen LogP contribution in [-0.2, 0) is 19.1 Å². The summed E-state index contributed by atoms with van der Waals surface area (Å²) in [4.78, 5) is 35.2. The molecule has 1 rings (SSSR count). The summed E-state index contributed by atoms with van der Waals surface area (Å²) in [5.74, 6) is -2.80. The van der Waals surface area contributed by atoms with Crippen LogP contribution in [0.4, 0.5) is 4.39 Å².